The van der Waals surface area contributed by atoms with Crippen molar-refractivity contribution in [1.29, 1.82) is 0 Å². The van der Waals surface area contributed by atoms with E-state index in [2.05, 4.69) is 33.4 Å². The molecule has 0 aliphatic carbocycles. The molecule has 8 heteroatoms. The van der Waals surface area contributed by atoms with Gasteiger partial charge in [0, 0.05) is 40.2 Å². The molecule has 30 heavy (non-hydrogen) atoms. The Morgan fingerprint density at radius 2 is 1.93 bits per heavy atom. The van der Waals surface area contributed by atoms with Gasteiger partial charge in [0.1, 0.15) is 5.75 Å². The number of carbonyl (C=O) groups is 1. The van der Waals surface area contributed by atoms with Crippen molar-refractivity contribution in [2.24, 2.45) is 0 Å². The molecule has 3 aromatic rings. The van der Waals surface area contributed by atoms with Gasteiger partial charge in [0.15, 0.2) is 0 Å². The lowest BCUT2D eigenvalue weighted by Gasteiger charge is -2.12. The van der Waals surface area contributed by atoms with E-state index in [1.165, 1.54) is 12.1 Å². The molecule has 1 N–H and O–H groups in total. The van der Waals surface area contributed by atoms with Crippen molar-refractivity contribution in [2.45, 2.75) is 12.2 Å². The zero-order valence-corrected chi connectivity index (χ0v) is 18.8. The lowest BCUT2D eigenvalue weighted by Crippen LogP contribution is -2.27. The Bertz CT molecular complexity index is 1060. The minimum absolute atomic E-state index is 0.0202. The minimum atomic E-state index is -0.454. The molecule has 0 heterocycles. The lowest BCUT2D eigenvalue weighted by atomic mass is 10.0. The van der Waals surface area contributed by atoms with Gasteiger partial charge in [-0.3, -0.25) is 14.9 Å². The van der Waals surface area contributed by atoms with Crippen molar-refractivity contribution in [3.63, 3.8) is 0 Å². The second-order valence-corrected chi connectivity index (χ2v) is 8.64. The minimum Gasteiger partial charge on any atom is -0.496 e. The molecule has 0 spiro atoms. The molecule has 0 bridgehead atoms. The van der Waals surface area contributed by atoms with E-state index in [9.17, 15) is 14.9 Å². The number of non-ortho nitro benzene ring substituents is 1. The highest BCUT2D eigenvalue weighted by molar-refractivity contribution is 9.10. The van der Waals surface area contributed by atoms with E-state index < -0.39 is 4.92 Å². The molecule has 0 atom stereocenters. The molecule has 1 amide bonds. The van der Waals surface area contributed by atoms with Crippen LogP contribution in [-0.2, 0) is 17.0 Å². The van der Waals surface area contributed by atoms with Crippen LogP contribution in [0.15, 0.2) is 59.1 Å². The molecule has 3 rings (SSSR count). The highest BCUT2D eigenvalue weighted by atomic mass is 79.9. The molecule has 0 saturated heterocycles. The van der Waals surface area contributed by atoms with Crippen molar-refractivity contribution in [3.8, 4) is 5.75 Å². The van der Waals surface area contributed by atoms with E-state index >= 15 is 0 Å². The van der Waals surface area contributed by atoms with Crippen LogP contribution >= 0.6 is 27.7 Å². The summed E-state index contributed by atoms with van der Waals surface area (Å²) in [4.78, 5) is 22.3. The van der Waals surface area contributed by atoms with Crippen LogP contribution in [-0.4, -0.2) is 30.2 Å². The first kappa shape index (κ1) is 22.1. The predicted octanol–water partition coefficient (Wildman–Crippen LogP) is 5.11. The van der Waals surface area contributed by atoms with Crippen molar-refractivity contribution in [3.05, 3.63) is 80.3 Å². The summed E-state index contributed by atoms with van der Waals surface area (Å²) in [7, 11) is 1.67. The van der Waals surface area contributed by atoms with Crippen LogP contribution < -0.4 is 10.1 Å². The summed E-state index contributed by atoms with van der Waals surface area (Å²) in [6.45, 7) is 0.551. The van der Waals surface area contributed by atoms with Crippen LogP contribution in [0.4, 0.5) is 5.69 Å². The number of ether oxygens (including phenoxy) is 1. The summed E-state index contributed by atoms with van der Waals surface area (Å²) in [5, 5.41) is 15.9. The number of nitrogens with one attached hydrogen (secondary N) is 1. The number of fused-ring (bicyclic) bond motifs is 1. The van der Waals surface area contributed by atoms with Gasteiger partial charge in [-0.1, -0.05) is 40.2 Å². The first-order chi connectivity index (χ1) is 14.5. The standard InChI is InChI=1S/C22H21BrN2O4S/c1-29-21-9-4-16-13-17(23)5-8-19(16)20(21)14-30-11-10-24-22(26)12-15-2-6-18(7-3-15)25(27)28/h2-9,13H,10-12,14H2,1H3,(H,24,26). The quantitative estimate of drug-likeness (QED) is 0.257. The summed E-state index contributed by atoms with van der Waals surface area (Å²) >= 11 is 5.23. The number of halogens is 1. The zero-order chi connectivity index (χ0) is 21.5. The number of hydrogen-bond acceptors (Lipinski definition) is 5. The third-order valence-electron chi connectivity index (χ3n) is 4.60. The van der Waals surface area contributed by atoms with E-state index in [0.29, 0.717) is 6.54 Å². The first-order valence-electron chi connectivity index (χ1n) is 9.31. The summed E-state index contributed by atoms with van der Waals surface area (Å²) in [6.07, 6.45) is 0.203. The Hall–Kier alpha value is -2.58. The maximum atomic E-state index is 12.1. The number of nitro benzene ring substituents is 1. The Morgan fingerprint density at radius 3 is 2.63 bits per heavy atom. The fourth-order valence-corrected chi connectivity index (χ4v) is 4.38. The number of nitro groups is 1. The fourth-order valence-electron chi connectivity index (χ4n) is 3.11. The van der Waals surface area contributed by atoms with Gasteiger partial charge >= 0.3 is 0 Å². The average Bonchev–Trinajstić information content (AvgIpc) is 2.73. The number of carbonyl (C=O) groups excluding carboxylic acids is 1. The number of rotatable bonds is 9. The summed E-state index contributed by atoms with van der Waals surface area (Å²) < 4.78 is 6.57. The second-order valence-electron chi connectivity index (χ2n) is 6.61. The first-order valence-corrected chi connectivity index (χ1v) is 11.3. The monoisotopic (exact) mass is 488 g/mol. The number of benzene rings is 3. The number of methoxy groups -OCH3 is 1. The van der Waals surface area contributed by atoms with Gasteiger partial charge in [-0.2, -0.15) is 11.8 Å². The topological polar surface area (TPSA) is 81.5 Å². The van der Waals surface area contributed by atoms with Crippen molar-refractivity contribution < 1.29 is 14.5 Å². The lowest BCUT2D eigenvalue weighted by molar-refractivity contribution is -0.384. The SMILES string of the molecule is COc1ccc2cc(Br)ccc2c1CSCCNC(=O)Cc1ccc([N+](=O)[O-])cc1. The van der Waals surface area contributed by atoms with E-state index in [4.69, 9.17) is 4.74 Å². The maximum Gasteiger partial charge on any atom is 0.269 e. The highest BCUT2D eigenvalue weighted by Crippen LogP contribution is 2.32. The molecule has 0 radical (unpaired) electrons. The third kappa shape index (κ3) is 5.73. The molecule has 0 aromatic heterocycles. The Labute approximate surface area is 187 Å². The largest absolute Gasteiger partial charge is 0.496 e. The number of thioether (sulfide) groups is 1. The van der Waals surface area contributed by atoms with Crippen LogP contribution in [0.2, 0.25) is 0 Å². The summed E-state index contributed by atoms with van der Waals surface area (Å²) in [5.41, 5.74) is 1.91. The molecular formula is C22H21BrN2O4S. The smallest absolute Gasteiger partial charge is 0.269 e. The molecule has 0 aliphatic heterocycles. The molecule has 0 aliphatic rings. The van der Waals surface area contributed by atoms with E-state index in [-0.39, 0.29) is 18.0 Å². The second kappa shape index (κ2) is 10.4. The third-order valence-corrected chi connectivity index (χ3v) is 6.08. The number of nitrogens with zero attached hydrogens (tertiary/aromatic N) is 1. The van der Waals surface area contributed by atoms with Gasteiger partial charge < -0.3 is 10.1 Å². The number of amides is 1. The number of hydrogen-bond donors (Lipinski definition) is 1. The Morgan fingerprint density at radius 1 is 1.17 bits per heavy atom. The average molecular weight is 489 g/mol. The van der Waals surface area contributed by atoms with E-state index in [1.807, 2.05) is 18.2 Å². The highest BCUT2D eigenvalue weighted by Gasteiger charge is 2.10. The van der Waals surface area contributed by atoms with Crippen molar-refractivity contribution in [1.82, 2.24) is 5.32 Å². The van der Waals surface area contributed by atoms with Gasteiger partial charge in [-0.25, -0.2) is 0 Å². The molecule has 0 fully saturated rings. The van der Waals surface area contributed by atoms with Gasteiger partial charge in [0.25, 0.3) is 5.69 Å². The van der Waals surface area contributed by atoms with Crippen molar-refractivity contribution in [2.75, 3.05) is 19.4 Å². The summed E-state index contributed by atoms with van der Waals surface area (Å²) in [5.74, 6) is 2.30. The van der Waals surface area contributed by atoms with Crippen LogP contribution in [0.25, 0.3) is 10.8 Å². The molecule has 156 valence electrons. The van der Waals surface area contributed by atoms with E-state index in [1.54, 1.807) is 31.0 Å². The van der Waals surface area contributed by atoms with Crippen LogP contribution in [0, 0.1) is 10.1 Å². The molecule has 6 nitrogen and oxygen atoms in total. The zero-order valence-electron chi connectivity index (χ0n) is 16.4. The fraction of sp³-hybridized carbons (Fsp3) is 0.227. The molecule has 0 saturated carbocycles. The maximum absolute atomic E-state index is 12.1. The Kier molecular flexibility index (Phi) is 7.70. The predicted molar refractivity (Wildman–Crippen MR) is 124 cm³/mol. The van der Waals surface area contributed by atoms with Crippen LogP contribution in [0.3, 0.4) is 0 Å². The Balaban J connectivity index is 1.49. The molecule has 0 unspecified atom stereocenters. The molecular weight excluding hydrogens is 468 g/mol. The normalized spacial score (nSPS) is 10.7. The van der Waals surface area contributed by atoms with Gasteiger partial charge in [0.2, 0.25) is 5.91 Å². The van der Waals surface area contributed by atoms with Gasteiger partial charge in [-0.05, 0) is 34.5 Å². The van der Waals surface area contributed by atoms with Gasteiger partial charge in [0.05, 0.1) is 18.5 Å². The molecule has 3 aromatic carbocycles. The summed E-state index contributed by atoms with van der Waals surface area (Å²) in [6, 6.07) is 16.3. The van der Waals surface area contributed by atoms with Crippen LogP contribution in [0.5, 0.6) is 5.75 Å². The van der Waals surface area contributed by atoms with Crippen molar-refractivity contribution >= 4 is 50.1 Å². The van der Waals surface area contributed by atoms with Gasteiger partial charge in [-0.15, -0.1) is 0 Å². The van der Waals surface area contributed by atoms with Crippen LogP contribution in [0.1, 0.15) is 11.1 Å². The van der Waals surface area contributed by atoms with E-state index in [0.717, 1.165) is 43.6 Å².